The van der Waals surface area contributed by atoms with E-state index < -0.39 is 5.82 Å². The Kier molecular flexibility index (Phi) is 3.66. The molecule has 0 amide bonds. The quantitative estimate of drug-likeness (QED) is 0.514. The SMILES string of the molecule is CC(=Nc1ccc2cn[nH]c2c1)c1c(Cl)ccc(F)c1Cl. The summed E-state index contributed by atoms with van der Waals surface area (Å²) in [5.41, 5.74) is 2.53. The van der Waals surface area contributed by atoms with Crippen LogP contribution >= 0.6 is 23.2 Å². The molecule has 0 aliphatic rings. The number of nitrogens with one attached hydrogen (secondary N) is 1. The molecule has 3 rings (SSSR count). The number of benzene rings is 2. The molecule has 0 saturated carbocycles. The van der Waals surface area contributed by atoms with Crippen LogP contribution in [0, 0.1) is 5.82 Å². The normalized spacial score (nSPS) is 12.1. The Morgan fingerprint density at radius 3 is 2.86 bits per heavy atom. The number of fused-ring (bicyclic) bond motifs is 1. The lowest BCUT2D eigenvalue weighted by molar-refractivity contribution is 0.628. The molecule has 0 aliphatic heterocycles. The Morgan fingerprint density at radius 2 is 2.05 bits per heavy atom. The van der Waals surface area contributed by atoms with Crippen LogP contribution < -0.4 is 0 Å². The zero-order valence-electron chi connectivity index (χ0n) is 11.0. The second kappa shape index (κ2) is 5.47. The first-order valence-corrected chi connectivity index (χ1v) is 6.94. The van der Waals surface area contributed by atoms with Gasteiger partial charge in [-0.25, -0.2) is 4.39 Å². The van der Waals surface area contributed by atoms with Crippen LogP contribution in [0.25, 0.3) is 10.9 Å². The van der Waals surface area contributed by atoms with Crippen LogP contribution in [-0.2, 0) is 0 Å². The van der Waals surface area contributed by atoms with Gasteiger partial charge in [-0.3, -0.25) is 10.1 Å². The van der Waals surface area contributed by atoms with Gasteiger partial charge in [0.2, 0.25) is 0 Å². The number of H-pyrrole nitrogens is 1. The molecule has 0 fully saturated rings. The molecule has 1 aromatic heterocycles. The highest BCUT2D eigenvalue weighted by Crippen LogP contribution is 2.29. The molecule has 0 aliphatic carbocycles. The van der Waals surface area contributed by atoms with Crippen molar-refractivity contribution in [2.75, 3.05) is 0 Å². The Balaban J connectivity index is 2.08. The number of hydrogen-bond acceptors (Lipinski definition) is 2. The summed E-state index contributed by atoms with van der Waals surface area (Å²) in [5.74, 6) is -0.519. The molecule has 6 heteroatoms. The molecule has 0 spiro atoms. The molecule has 106 valence electrons. The van der Waals surface area contributed by atoms with Gasteiger partial charge in [0.25, 0.3) is 0 Å². The molecule has 1 heterocycles. The van der Waals surface area contributed by atoms with Crippen molar-refractivity contribution >= 4 is 45.5 Å². The number of nitrogens with zero attached hydrogens (tertiary/aromatic N) is 2. The lowest BCUT2D eigenvalue weighted by atomic mass is 10.1. The smallest absolute Gasteiger partial charge is 0.142 e. The minimum absolute atomic E-state index is 0.0219. The summed E-state index contributed by atoms with van der Waals surface area (Å²) in [5, 5.41) is 8.17. The minimum Gasteiger partial charge on any atom is -0.278 e. The first kappa shape index (κ1) is 14.0. The van der Waals surface area contributed by atoms with Gasteiger partial charge in [0.05, 0.1) is 27.4 Å². The molecule has 2 aromatic carbocycles. The van der Waals surface area contributed by atoms with Gasteiger partial charge in [-0.15, -0.1) is 0 Å². The van der Waals surface area contributed by atoms with E-state index in [4.69, 9.17) is 23.2 Å². The van der Waals surface area contributed by atoms with Crippen molar-refractivity contribution in [1.29, 1.82) is 0 Å². The zero-order chi connectivity index (χ0) is 15.0. The lowest BCUT2D eigenvalue weighted by Crippen LogP contribution is -1.98. The predicted octanol–water partition coefficient (Wildman–Crippen LogP) is 5.15. The third kappa shape index (κ3) is 2.64. The summed E-state index contributed by atoms with van der Waals surface area (Å²) in [7, 11) is 0. The largest absolute Gasteiger partial charge is 0.278 e. The van der Waals surface area contributed by atoms with E-state index in [2.05, 4.69) is 15.2 Å². The van der Waals surface area contributed by atoms with Gasteiger partial charge in [-0.1, -0.05) is 23.2 Å². The standard InChI is InChI=1S/C15H10Cl2FN3/c1-8(14-11(16)4-5-12(18)15(14)17)20-10-3-2-9-7-19-21-13(9)6-10/h2-7H,1H3,(H,19,21). The van der Waals surface area contributed by atoms with E-state index in [0.717, 1.165) is 10.9 Å². The van der Waals surface area contributed by atoms with Crippen LogP contribution in [0.15, 0.2) is 41.5 Å². The van der Waals surface area contributed by atoms with E-state index in [0.29, 0.717) is 22.0 Å². The van der Waals surface area contributed by atoms with Gasteiger partial charge < -0.3 is 0 Å². The highest BCUT2D eigenvalue weighted by atomic mass is 35.5. The van der Waals surface area contributed by atoms with Gasteiger partial charge in [0.1, 0.15) is 5.82 Å². The fraction of sp³-hybridized carbons (Fsp3) is 0.0667. The number of hydrogen-bond donors (Lipinski definition) is 1. The van der Waals surface area contributed by atoms with Crippen molar-refractivity contribution in [1.82, 2.24) is 10.2 Å². The summed E-state index contributed by atoms with van der Waals surface area (Å²) >= 11 is 12.1. The molecule has 3 aromatic rings. The van der Waals surface area contributed by atoms with Crippen molar-refractivity contribution < 1.29 is 4.39 Å². The third-order valence-corrected chi connectivity index (χ3v) is 3.81. The second-order valence-electron chi connectivity index (χ2n) is 4.56. The molecule has 0 radical (unpaired) electrons. The Bertz CT molecular complexity index is 855. The van der Waals surface area contributed by atoms with Crippen molar-refractivity contribution in [3.63, 3.8) is 0 Å². The molecule has 21 heavy (non-hydrogen) atoms. The predicted molar refractivity (Wildman–Crippen MR) is 84.4 cm³/mol. The van der Waals surface area contributed by atoms with E-state index >= 15 is 0 Å². The first-order valence-electron chi connectivity index (χ1n) is 6.18. The van der Waals surface area contributed by atoms with Crippen molar-refractivity contribution in [3.05, 3.63) is 58.0 Å². The monoisotopic (exact) mass is 321 g/mol. The van der Waals surface area contributed by atoms with E-state index in [1.54, 1.807) is 13.1 Å². The maximum atomic E-state index is 13.6. The lowest BCUT2D eigenvalue weighted by Gasteiger charge is -2.07. The average molecular weight is 322 g/mol. The van der Waals surface area contributed by atoms with E-state index in [-0.39, 0.29) is 5.02 Å². The van der Waals surface area contributed by atoms with Crippen LogP contribution in [0.5, 0.6) is 0 Å². The van der Waals surface area contributed by atoms with Crippen LogP contribution in [0.3, 0.4) is 0 Å². The summed E-state index contributed by atoms with van der Waals surface area (Å²) in [6.45, 7) is 1.74. The molecular weight excluding hydrogens is 312 g/mol. The van der Waals surface area contributed by atoms with Gasteiger partial charge >= 0.3 is 0 Å². The van der Waals surface area contributed by atoms with Crippen molar-refractivity contribution in [2.24, 2.45) is 4.99 Å². The van der Waals surface area contributed by atoms with Crippen molar-refractivity contribution in [3.8, 4) is 0 Å². The summed E-state index contributed by atoms with van der Waals surface area (Å²) in [6, 6.07) is 8.31. The highest BCUT2D eigenvalue weighted by Gasteiger charge is 2.13. The van der Waals surface area contributed by atoms with Crippen LogP contribution in [0.2, 0.25) is 10.0 Å². The molecule has 1 N–H and O–H groups in total. The molecule has 0 unspecified atom stereocenters. The fourth-order valence-corrected chi connectivity index (χ4v) is 2.75. The Labute approximate surface area is 130 Å². The maximum Gasteiger partial charge on any atom is 0.142 e. The van der Waals surface area contributed by atoms with E-state index in [1.807, 2.05) is 18.2 Å². The molecule has 0 atom stereocenters. The molecule has 3 nitrogen and oxygen atoms in total. The van der Waals surface area contributed by atoms with Crippen LogP contribution in [0.4, 0.5) is 10.1 Å². The topological polar surface area (TPSA) is 41.0 Å². The molecule has 0 saturated heterocycles. The van der Waals surface area contributed by atoms with Gasteiger partial charge in [-0.05, 0) is 37.3 Å². The number of rotatable bonds is 2. The van der Waals surface area contributed by atoms with E-state index in [9.17, 15) is 4.39 Å². The summed E-state index contributed by atoms with van der Waals surface area (Å²) in [4.78, 5) is 4.46. The Morgan fingerprint density at radius 1 is 1.24 bits per heavy atom. The maximum absolute atomic E-state index is 13.6. The number of aliphatic imine (C=N–C) groups is 1. The first-order chi connectivity index (χ1) is 10.1. The Hall–Kier alpha value is -1.91. The average Bonchev–Trinajstić information content (AvgIpc) is 2.91. The van der Waals surface area contributed by atoms with Gasteiger partial charge in [-0.2, -0.15) is 5.10 Å². The summed E-state index contributed by atoms with van der Waals surface area (Å²) < 4.78 is 13.6. The number of aromatic amines is 1. The number of halogens is 3. The van der Waals surface area contributed by atoms with Crippen LogP contribution in [-0.4, -0.2) is 15.9 Å². The molecule has 0 bridgehead atoms. The third-order valence-electron chi connectivity index (χ3n) is 3.13. The number of aromatic nitrogens is 2. The van der Waals surface area contributed by atoms with Gasteiger partial charge in [0, 0.05) is 16.7 Å². The second-order valence-corrected chi connectivity index (χ2v) is 5.34. The van der Waals surface area contributed by atoms with Gasteiger partial charge in [0.15, 0.2) is 0 Å². The van der Waals surface area contributed by atoms with Crippen LogP contribution in [0.1, 0.15) is 12.5 Å². The molecular formula is C15H10Cl2FN3. The minimum atomic E-state index is -0.519. The zero-order valence-corrected chi connectivity index (χ0v) is 12.5. The summed E-state index contributed by atoms with van der Waals surface area (Å²) in [6.07, 6.45) is 1.73. The highest BCUT2D eigenvalue weighted by molar-refractivity contribution is 6.40. The van der Waals surface area contributed by atoms with E-state index in [1.165, 1.54) is 12.1 Å². The fourth-order valence-electron chi connectivity index (χ4n) is 2.10. The van der Waals surface area contributed by atoms with Crippen molar-refractivity contribution in [2.45, 2.75) is 6.92 Å².